The van der Waals surface area contributed by atoms with Crippen molar-refractivity contribution in [3.8, 4) is 0 Å². The molecular formula is C21H27NO8. The second kappa shape index (κ2) is 8.93. The second-order valence-corrected chi connectivity index (χ2v) is 7.01. The number of hydrogen-bond donors (Lipinski definition) is 1. The Morgan fingerprint density at radius 2 is 1.57 bits per heavy atom. The lowest BCUT2D eigenvalue weighted by Gasteiger charge is -2.31. The molecular weight excluding hydrogens is 394 g/mol. The molecule has 9 nitrogen and oxygen atoms in total. The fourth-order valence-electron chi connectivity index (χ4n) is 4.35. The molecule has 2 amide bonds. The van der Waals surface area contributed by atoms with Gasteiger partial charge in [-0.25, -0.2) is 4.90 Å². The minimum atomic E-state index is -1.11. The molecule has 9 heteroatoms. The number of amides is 2. The number of nitrogens with zero attached hydrogens (tertiary/aromatic N) is 1. The summed E-state index contributed by atoms with van der Waals surface area (Å²) in [5, 5.41) is 8.71. The van der Waals surface area contributed by atoms with Crippen molar-refractivity contribution in [3.63, 3.8) is 0 Å². The number of hydrogen-bond acceptors (Lipinski definition) is 7. The zero-order chi connectivity index (χ0) is 20.0. The Labute approximate surface area is 174 Å². The monoisotopic (exact) mass is 421 g/mol. The number of ether oxygens (including phenoxy) is 3. The van der Waals surface area contributed by atoms with Crippen molar-refractivity contribution in [1.29, 1.82) is 0 Å². The predicted molar refractivity (Wildman–Crippen MR) is 106 cm³/mol. The molecule has 1 aromatic rings. The molecule has 3 heterocycles. The van der Waals surface area contributed by atoms with Gasteiger partial charge in [-0.15, -0.1) is 0 Å². The van der Waals surface area contributed by atoms with E-state index in [2.05, 4.69) is 0 Å². The fraction of sp³-hybridized carbons (Fsp3) is 0.524. The fourth-order valence-corrected chi connectivity index (χ4v) is 4.35. The average Bonchev–Trinajstić information content (AvgIpc) is 3.30. The summed E-state index contributed by atoms with van der Waals surface area (Å²) in [6, 6.07) is 8.61. The Bertz CT molecular complexity index is 826. The lowest BCUT2D eigenvalue weighted by molar-refractivity contribution is -0.162. The first-order chi connectivity index (χ1) is 13.4. The van der Waals surface area contributed by atoms with Crippen LogP contribution in [-0.4, -0.2) is 60.4 Å². The number of carbonyl (C=O) groups excluding carboxylic acids is 3. The van der Waals surface area contributed by atoms with Gasteiger partial charge >= 0.3 is 11.9 Å². The molecule has 6 unspecified atom stereocenters. The minimum absolute atomic E-state index is 0. The predicted octanol–water partition coefficient (Wildman–Crippen LogP) is 1.64. The summed E-state index contributed by atoms with van der Waals surface area (Å²) in [4.78, 5) is 49.7. The van der Waals surface area contributed by atoms with E-state index in [0.29, 0.717) is 5.69 Å². The van der Waals surface area contributed by atoms with Gasteiger partial charge in [0, 0.05) is 7.11 Å². The van der Waals surface area contributed by atoms with E-state index in [4.69, 9.17) is 19.3 Å². The van der Waals surface area contributed by atoms with Gasteiger partial charge in [0.15, 0.2) is 6.10 Å². The van der Waals surface area contributed by atoms with Crippen molar-refractivity contribution in [2.45, 2.75) is 52.1 Å². The van der Waals surface area contributed by atoms with E-state index in [1.54, 1.807) is 30.3 Å². The van der Waals surface area contributed by atoms with E-state index >= 15 is 0 Å². The number of carboxylic acid groups (broad SMARTS) is 1. The molecule has 3 aliphatic rings. The molecule has 2 bridgehead atoms. The van der Waals surface area contributed by atoms with Gasteiger partial charge in [-0.1, -0.05) is 33.1 Å². The van der Waals surface area contributed by atoms with Gasteiger partial charge in [0.05, 0.1) is 30.4 Å². The number of esters is 1. The van der Waals surface area contributed by atoms with Crippen LogP contribution in [0.4, 0.5) is 5.69 Å². The highest BCUT2D eigenvalue weighted by Gasteiger charge is 2.70. The Kier molecular flexibility index (Phi) is 6.99. The van der Waals surface area contributed by atoms with Gasteiger partial charge in [0.1, 0.15) is 18.3 Å². The van der Waals surface area contributed by atoms with E-state index in [1.165, 1.54) is 7.11 Å². The summed E-state index contributed by atoms with van der Waals surface area (Å²) in [7, 11) is 1.41. The van der Waals surface area contributed by atoms with Crippen molar-refractivity contribution in [1.82, 2.24) is 0 Å². The third kappa shape index (κ3) is 3.59. The van der Waals surface area contributed by atoms with Crippen LogP contribution in [0.5, 0.6) is 0 Å². The Hall–Kier alpha value is -2.78. The molecule has 30 heavy (non-hydrogen) atoms. The number of aliphatic carboxylic acids is 1. The maximum atomic E-state index is 13.0. The first-order valence-electron chi connectivity index (χ1n) is 8.96. The number of anilines is 1. The topological polar surface area (TPSA) is 119 Å². The SMILES string of the molecule is C.C.COC1C(OC(=O)CCC(=O)O)C2OC1C1C(=O)N(c3ccccc3)C(=O)C21. The largest absolute Gasteiger partial charge is 0.481 e. The van der Waals surface area contributed by atoms with Gasteiger partial charge < -0.3 is 19.3 Å². The number of methoxy groups -OCH3 is 1. The van der Waals surface area contributed by atoms with Crippen LogP contribution in [0.2, 0.25) is 0 Å². The normalized spacial score (nSPS) is 31.0. The molecule has 3 saturated heterocycles. The van der Waals surface area contributed by atoms with Crippen LogP contribution in [0.15, 0.2) is 30.3 Å². The number of para-hydroxylation sites is 1. The first kappa shape index (κ1) is 23.5. The standard InChI is InChI=1S/C19H19NO8.2CH4/c1-26-16-14-12-13(15(28-14)17(16)27-11(23)8-7-10(21)22)19(25)20(18(12)24)9-5-3-2-4-6-9;;/h2-6,12-17H,7-8H2,1H3,(H,21,22);2*1H4. The summed E-state index contributed by atoms with van der Waals surface area (Å²) in [6.45, 7) is 0. The highest BCUT2D eigenvalue weighted by atomic mass is 16.6. The number of carbonyl (C=O) groups is 4. The minimum Gasteiger partial charge on any atom is -0.481 e. The molecule has 3 fully saturated rings. The highest BCUT2D eigenvalue weighted by molar-refractivity contribution is 6.22. The zero-order valence-electron chi connectivity index (χ0n) is 15.0. The second-order valence-electron chi connectivity index (χ2n) is 7.01. The Morgan fingerprint density at radius 1 is 1.00 bits per heavy atom. The van der Waals surface area contributed by atoms with Gasteiger partial charge in [-0.05, 0) is 12.1 Å². The highest BCUT2D eigenvalue weighted by Crippen LogP contribution is 2.51. The van der Waals surface area contributed by atoms with Crippen LogP contribution in [0.3, 0.4) is 0 Å². The van der Waals surface area contributed by atoms with Crippen molar-refractivity contribution in [2.24, 2.45) is 11.8 Å². The van der Waals surface area contributed by atoms with Crippen LogP contribution < -0.4 is 4.90 Å². The summed E-state index contributed by atoms with van der Waals surface area (Å²) in [5.41, 5.74) is 0.482. The van der Waals surface area contributed by atoms with Gasteiger partial charge in [-0.3, -0.25) is 19.2 Å². The third-order valence-electron chi connectivity index (χ3n) is 5.49. The van der Waals surface area contributed by atoms with E-state index < -0.39 is 54.1 Å². The maximum absolute atomic E-state index is 13.0. The van der Waals surface area contributed by atoms with E-state index in [-0.39, 0.29) is 33.6 Å². The molecule has 3 aliphatic heterocycles. The first-order valence-corrected chi connectivity index (χ1v) is 8.96. The van der Waals surface area contributed by atoms with Crippen molar-refractivity contribution < 1.29 is 38.5 Å². The summed E-state index contributed by atoms with van der Waals surface area (Å²) in [6.07, 6.45) is -3.74. The summed E-state index contributed by atoms with van der Waals surface area (Å²) in [5.74, 6) is -4.03. The van der Waals surface area contributed by atoms with E-state index in [9.17, 15) is 19.2 Å². The zero-order valence-corrected chi connectivity index (χ0v) is 15.0. The molecule has 0 radical (unpaired) electrons. The molecule has 1 aromatic carbocycles. The van der Waals surface area contributed by atoms with Crippen molar-refractivity contribution in [3.05, 3.63) is 30.3 Å². The van der Waals surface area contributed by atoms with Crippen LogP contribution in [0.25, 0.3) is 0 Å². The van der Waals surface area contributed by atoms with Crippen LogP contribution in [-0.2, 0) is 33.4 Å². The Balaban J connectivity index is 0.00000160. The van der Waals surface area contributed by atoms with Crippen molar-refractivity contribution >= 4 is 29.4 Å². The number of imide groups is 1. The number of benzene rings is 1. The molecule has 1 N–H and O–H groups in total. The molecule has 0 aromatic heterocycles. The number of carboxylic acids is 1. The molecule has 0 spiro atoms. The molecule has 0 saturated carbocycles. The quantitative estimate of drug-likeness (QED) is 0.544. The van der Waals surface area contributed by atoms with Crippen molar-refractivity contribution in [2.75, 3.05) is 12.0 Å². The lowest BCUT2D eigenvalue weighted by Crippen LogP contribution is -2.50. The van der Waals surface area contributed by atoms with Crippen LogP contribution in [0, 0.1) is 11.8 Å². The van der Waals surface area contributed by atoms with E-state index in [1.807, 2.05) is 0 Å². The average molecular weight is 421 g/mol. The van der Waals surface area contributed by atoms with Crippen LogP contribution >= 0.6 is 0 Å². The summed E-state index contributed by atoms with van der Waals surface area (Å²) < 4.78 is 16.6. The third-order valence-corrected chi connectivity index (χ3v) is 5.49. The van der Waals surface area contributed by atoms with Gasteiger partial charge in [-0.2, -0.15) is 0 Å². The van der Waals surface area contributed by atoms with E-state index in [0.717, 1.165) is 4.90 Å². The number of rotatable bonds is 6. The lowest BCUT2D eigenvalue weighted by atomic mass is 9.78. The van der Waals surface area contributed by atoms with Gasteiger partial charge in [0.25, 0.3) is 0 Å². The molecule has 0 aliphatic carbocycles. The Morgan fingerprint density at radius 3 is 2.10 bits per heavy atom. The molecule has 164 valence electrons. The smallest absolute Gasteiger partial charge is 0.306 e. The van der Waals surface area contributed by atoms with Crippen LogP contribution in [0.1, 0.15) is 27.7 Å². The molecule has 6 atom stereocenters. The maximum Gasteiger partial charge on any atom is 0.306 e. The summed E-state index contributed by atoms with van der Waals surface area (Å²) >= 11 is 0. The molecule has 4 rings (SSSR count). The number of fused-ring (bicyclic) bond motifs is 5. The van der Waals surface area contributed by atoms with Gasteiger partial charge in [0.2, 0.25) is 11.8 Å².